The average Bonchev–Trinajstić information content (AvgIpc) is 0.765. The van der Waals surface area contributed by atoms with Crippen molar-refractivity contribution in [3.8, 4) is 78.6 Å². The molecule has 2 aromatic heterocycles. The van der Waals surface area contributed by atoms with E-state index in [4.69, 9.17) is 34.6 Å². The summed E-state index contributed by atoms with van der Waals surface area (Å²) >= 11 is 0. The van der Waals surface area contributed by atoms with Crippen molar-refractivity contribution in [1.82, 2.24) is 14.5 Å². The molecule has 9 aromatic rings. The molecule has 4 heteroatoms. The molecule has 0 radical (unpaired) electrons. The molecule has 68 heavy (non-hydrogen) atoms. The van der Waals surface area contributed by atoms with Gasteiger partial charge in [-0.1, -0.05) is 191 Å². The van der Waals surface area contributed by atoms with Crippen molar-refractivity contribution in [3.63, 3.8) is 0 Å². The summed E-state index contributed by atoms with van der Waals surface area (Å²) in [6.07, 6.45) is 2.25. The molecule has 9 rings (SSSR count). The van der Waals surface area contributed by atoms with E-state index in [1.807, 2.05) is 117 Å². The van der Waals surface area contributed by atoms with Gasteiger partial charge in [-0.2, -0.15) is 0 Å². The van der Waals surface area contributed by atoms with E-state index in [0.29, 0.717) is 40.5 Å². The SMILES string of the molecule is [2H]C([2H])([2H])C(c1cc(-c2nc3c(-c4cc(-c5cc(-c6ccc(-c7ccccc7)cc6)ccn5)cc(C(C)(C)C)c4)cccc3n2-c2ccc(-c3ccccc3)c(CC(C)C)c2)c(O)c(C(C([2H])([2H])[2H])(C([2H])([2H])[2H])C([2H])([2H])[2H])c1)(C([2H])([2H])[2H])C([2H])([2H])[2H]. The van der Waals surface area contributed by atoms with Gasteiger partial charge >= 0.3 is 0 Å². The van der Waals surface area contributed by atoms with Crippen molar-refractivity contribution in [2.24, 2.45) is 5.92 Å². The molecule has 1 N–H and O–H groups in total. The van der Waals surface area contributed by atoms with Crippen LogP contribution in [-0.2, 0) is 22.7 Å². The number of pyridine rings is 1. The molecular formula is C64H65N3O. The van der Waals surface area contributed by atoms with Gasteiger partial charge in [-0.15, -0.1) is 0 Å². The van der Waals surface area contributed by atoms with Gasteiger partial charge in [-0.25, -0.2) is 4.98 Å². The number of hydrogen-bond acceptors (Lipinski definition) is 3. The fourth-order valence-electron chi connectivity index (χ4n) is 8.93. The molecule has 4 nitrogen and oxygen atoms in total. The number of rotatable bonds is 9. The van der Waals surface area contributed by atoms with Crippen molar-refractivity contribution in [2.75, 3.05) is 0 Å². The van der Waals surface area contributed by atoms with Crippen molar-refractivity contribution < 1.29 is 29.8 Å². The molecule has 0 atom stereocenters. The van der Waals surface area contributed by atoms with E-state index in [1.165, 1.54) is 4.57 Å². The van der Waals surface area contributed by atoms with E-state index >= 15 is 0 Å². The second-order valence-corrected chi connectivity index (χ2v) is 19.1. The third-order valence-electron chi connectivity index (χ3n) is 12.4. The van der Waals surface area contributed by atoms with Gasteiger partial charge in [0.15, 0.2) is 0 Å². The Balaban J connectivity index is 1.42. The number of phenols is 1. The predicted molar refractivity (Wildman–Crippen MR) is 288 cm³/mol. The Morgan fingerprint density at radius 1 is 0.529 bits per heavy atom. The van der Waals surface area contributed by atoms with Crippen LogP contribution in [0.15, 0.2) is 170 Å². The predicted octanol–water partition coefficient (Wildman–Crippen LogP) is 17.2. The lowest BCUT2D eigenvalue weighted by atomic mass is 9.79. The van der Waals surface area contributed by atoms with Crippen LogP contribution in [0, 0.1) is 5.92 Å². The lowest BCUT2D eigenvalue weighted by Crippen LogP contribution is -2.17. The molecule has 2 heterocycles. The minimum atomic E-state index is -4.13. The van der Waals surface area contributed by atoms with Crippen LogP contribution in [0.2, 0.25) is 0 Å². The van der Waals surface area contributed by atoms with Gasteiger partial charge in [-0.05, 0) is 133 Å². The standard InChI is InChI=1S/C64H65N3O/c1-41(2)33-47-37-52(29-30-53(47)45-21-16-13-17-22-45)67-58-24-18-23-54(59(58)66-61(67)55-39-51(63(6,7)8)40-56(60(55)68)64(9,10)11)48-34-49(36-50(35-48)62(3,4)5)57-38-46(31-32-65-57)44-27-25-43(26-28-44)42-19-14-12-15-20-42/h12-32,34-41,68H,33H2,1-11H3/i6D3,7D3,8D3,9D3,10D3,11D3. The molecule has 0 unspecified atom stereocenters. The highest BCUT2D eigenvalue weighted by atomic mass is 16.3. The van der Waals surface area contributed by atoms with Crippen LogP contribution in [0.3, 0.4) is 0 Å². The normalized spacial score (nSPS) is 17.3. The number of nitrogens with zero attached hydrogens (tertiary/aromatic N) is 3. The highest BCUT2D eigenvalue weighted by Crippen LogP contribution is 2.45. The molecule has 0 saturated heterocycles. The van der Waals surface area contributed by atoms with E-state index in [2.05, 4.69) is 45.0 Å². The molecule has 7 aromatic carbocycles. The van der Waals surface area contributed by atoms with Crippen LogP contribution in [0.4, 0.5) is 0 Å². The van der Waals surface area contributed by atoms with E-state index in [-0.39, 0.29) is 17.3 Å². The van der Waals surface area contributed by atoms with Gasteiger partial charge in [0.1, 0.15) is 11.6 Å². The second kappa shape index (κ2) is 17.9. The number of para-hydroxylation sites is 1. The Hall–Kier alpha value is -7.04. The monoisotopic (exact) mass is 910 g/mol. The second-order valence-electron chi connectivity index (χ2n) is 19.1. The largest absolute Gasteiger partial charge is 0.507 e. The molecular weight excluding hydrogens is 827 g/mol. The van der Waals surface area contributed by atoms with Crippen molar-refractivity contribution >= 4 is 11.0 Å². The zero-order chi connectivity index (χ0) is 63.1. The first-order valence-corrected chi connectivity index (χ1v) is 22.7. The van der Waals surface area contributed by atoms with Crippen LogP contribution < -0.4 is 0 Å². The zero-order valence-corrected chi connectivity index (χ0v) is 38.7. The number of imidazole rings is 1. The summed E-state index contributed by atoms with van der Waals surface area (Å²) in [4.78, 5) is 10.1. The summed E-state index contributed by atoms with van der Waals surface area (Å²) in [5.41, 5.74) is -1.30. The lowest BCUT2D eigenvalue weighted by molar-refractivity contribution is 0.446. The smallest absolute Gasteiger partial charge is 0.149 e. The van der Waals surface area contributed by atoms with Gasteiger partial charge < -0.3 is 5.11 Å². The fraction of sp³-hybridized carbons (Fsp3) is 0.250. The summed E-state index contributed by atoms with van der Waals surface area (Å²) in [6, 6.07) is 49.5. The molecule has 0 bridgehead atoms. The Morgan fingerprint density at radius 3 is 1.82 bits per heavy atom. The minimum Gasteiger partial charge on any atom is -0.507 e. The number of aromatic nitrogens is 3. The summed E-state index contributed by atoms with van der Waals surface area (Å²) in [5, 5.41) is 13.0. The average molecular weight is 910 g/mol. The van der Waals surface area contributed by atoms with Gasteiger partial charge in [0.05, 0.1) is 22.3 Å². The minimum absolute atomic E-state index is 0.0850. The number of fused-ring (bicyclic) bond motifs is 1. The summed E-state index contributed by atoms with van der Waals surface area (Å²) in [5.74, 6) is -1.64. The third-order valence-corrected chi connectivity index (χ3v) is 12.4. The van der Waals surface area contributed by atoms with Crippen LogP contribution in [-0.4, -0.2) is 19.6 Å². The highest BCUT2D eigenvalue weighted by molar-refractivity contribution is 5.97. The van der Waals surface area contributed by atoms with Crippen molar-refractivity contribution in [2.45, 2.75) is 98.4 Å². The third kappa shape index (κ3) is 9.30. The van der Waals surface area contributed by atoms with Crippen LogP contribution in [0.5, 0.6) is 5.75 Å². The number of hydrogen-bond donors (Lipinski definition) is 1. The van der Waals surface area contributed by atoms with Gasteiger partial charge in [0.2, 0.25) is 0 Å². The maximum absolute atomic E-state index is 13.0. The first-order valence-electron chi connectivity index (χ1n) is 31.7. The van der Waals surface area contributed by atoms with Gasteiger partial charge in [-0.3, -0.25) is 9.55 Å². The first-order chi connectivity index (χ1) is 39.8. The Kier molecular flexibility index (Phi) is 7.62. The number of phenolic OH excluding ortho intramolecular Hbond substituents is 1. The van der Waals surface area contributed by atoms with E-state index in [9.17, 15) is 5.11 Å². The van der Waals surface area contributed by atoms with E-state index in [1.54, 1.807) is 30.5 Å². The van der Waals surface area contributed by atoms with Crippen LogP contribution in [0.1, 0.15) is 123 Å². The Labute approximate surface area is 429 Å². The van der Waals surface area contributed by atoms with E-state index < -0.39 is 79.8 Å². The summed E-state index contributed by atoms with van der Waals surface area (Å²) < 4.78 is 160. The topological polar surface area (TPSA) is 50.9 Å². The van der Waals surface area contributed by atoms with Gasteiger partial charge in [0.25, 0.3) is 0 Å². The molecule has 342 valence electrons. The molecule has 0 saturated carbocycles. The molecule has 0 aliphatic heterocycles. The molecule has 0 fully saturated rings. The molecule has 0 aliphatic carbocycles. The quantitative estimate of drug-likeness (QED) is 0.157. The zero-order valence-electron chi connectivity index (χ0n) is 56.7. The molecule has 0 aliphatic rings. The first kappa shape index (κ1) is 29.0. The fourth-order valence-corrected chi connectivity index (χ4v) is 8.93. The van der Waals surface area contributed by atoms with Crippen LogP contribution >= 0.6 is 0 Å². The van der Waals surface area contributed by atoms with Gasteiger partial charge in [0, 0.05) is 53.2 Å². The van der Waals surface area contributed by atoms with Crippen molar-refractivity contribution in [3.05, 3.63) is 192 Å². The molecule has 0 spiro atoms. The van der Waals surface area contributed by atoms with E-state index in [0.717, 1.165) is 56.1 Å². The lowest BCUT2D eigenvalue weighted by Gasteiger charge is -2.27. The number of benzene rings is 7. The number of aromatic hydroxyl groups is 1. The maximum Gasteiger partial charge on any atom is 0.149 e. The Morgan fingerprint density at radius 2 is 1.16 bits per heavy atom. The maximum atomic E-state index is 13.0. The highest BCUT2D eigenvalue weighted by Gasteiger charge is 2.29. The van der Waals surface area contributed by atoms with Crippen LogP contribution in [0.25, 0.3) is 83.9 Å². The Bertz CT molecular complexity index is 3890. The van der Waals surface area contributed by atoms with Crippen molar-refractivity contribution in [1.29, 1.82) is 0 Å². The summed E-state index contributed by atoms with van der Waals surface area (Å²) in [7, 11) is 0. The summed E-state index contributed by atoms with van der Waals surface area (Å²) in [6.45, 7) is -14.3. The molecule has 0 amide bonds.